The van der Waals surface area contributed by atoms with Crippen LogP contribution in [0.1, 0.15) is 43.4 Å². The monoisotopic (exact) mass is 352 g/mol. The van der Waals surface area contributed by atoms with Crippen molar-refractivity contribution >= 4 is 18.3 Å². The average molecular weight is 353 g/mol. The summed E-state index contributed by atoms with van der Waals surface area (Å²) in [5.74, 6) is 0.760. The van der Waals surface area contributed by atoms with E-state index in [1.54, 1.807) is 0 Å². The number of nitrogens with one attached hydrogen (secondary N) is 1. The van der Waals surface area contributed by atoms with Crippen molar-refractivity contribution in [1.29, 1.82) is 0 Å². The summed E-state index contributed by atoms with van der Waals surface area (Å²) in [5, 5.41) is 3.39. The van der Waals surface area contributed by atoms with Crippen LogP contribution in [0.4, 0.5) is 0 Å². The van der Waals surface area contributed by atoms with E-state index >= 15 is 0 Å². The van der Waals surface area contributed by atoms with E-state index in [1.807, 2.05) is 0 Å². The highest BCUT2D eigenvalue weighted by molar-refractivity contribution is 5.85. The Morgan fingerprint density at radius 3 is 2.75 bits per heavy atom. The molecular weight excluding hydrogens is 324 g/mol. The van der Waals surface area contributed by atoms with Crippen molar-refractivity contribution in [3.63, 3.8) is 0 Å². The van der Waals surface area contributed by atoms with Crippen molar-refractivity contribution in [3.8, 4) is 0 Å². The first kappa shape index (κ1) is 19.2. The lowest BCUT2D eigenvalue weighted by Crippen LogP contribution is -2.48. The number of hydrogen-bond acceptors (Lipinski definition) is 3. The molecule has 1 aromatic rings. The van der Waals surface area contributed by atoms with Crippen LogP contribution in [-0.2, 0) is 9.53 Å². The van der Waals surface area contributed by atoms with E-state index in [0.717, 1.165) is 26.1 Å². The fourth-order valence-electron chi connectivity index (χ4n) is 3.82. The fourth-order valence-corrected chi connectivity index (χ4v) is 3.82. The fraction of sp³-hybridized carbons (Fsp3) is 0.632. The lowest BCUT2D eigenvalue weighted by Gasteiger charge is -2.41. The van der Waals surface area contributed by atoms with Gasteiger partial charge >= 0.3 is 0 Å². The summed E-state index contributed by atoms with van der Waals surface area (Å²) in [6, 6.07) is 9.04. The number of amides is 1. The molecule has 4 nitrogen and oxygen atoms in total. The first-order valence-corrected chi connectivity index (χ1v) is 8.82. The van der Waals surface area contributed by atoms with Crippen LogP contribution in [0.15, 0.2) is 24.3 Å². The predicted molar refractivity (Wildman–Crippen MR) is 98.5 cm³/mol. The molecule has 5 heteroatoms. The van der Waals surface area contributed by atoms with Crippen molar-refractivity contribution in [2.45, 2.75) is 45.2 Å². The molecule has 0 aromatic heterocycles. The molecule has 2 fully saturated rings. The van der Waals surface area contributed by atoms with E-state index in [1.165, 1.54) is 17.5 Å². The molecule has 0 spiro atoms. The zero-order valence-electron chi connectivity index (χ0n) is 14.7. The van der Waals surface area contributed by atoms with Crippen LogP contribution in [0.25, 0.3) is 0 Å². The Balaban J connectivity index is 0.00000208. The molecule has 134 valence electrons. The van der Waals surface area contributed by atoms with Crippen molar-refractivity contribution in [1.82, 2.24) is 10.2 Å². The normalized spacial score (nSPS) is 27.4. The molecule has 24 heavy (non-hydrogen) atoms. The Morgan fingerprint density at radius 1 is 1.33 bits per heavy atom. The van der Waals surface area contributed by atoms with Gasteiger partial charge in [-0.25, -0.2) is 0 Å². The Bertz CT molecular complexity index is 529. The summed E-state index contributed by atoms with van der Waals surface area (Å²) < 4.78 is 5.48. The SMILES string of the molecule is Cc1ccc(C2C(C)CCCN2C(=O)CC2COCCN2)cc1.Cl. The zero-order valence-corrected chi connectivity index (χ0v) is 15.5. The number of nitrogens with zero attached hydrogens (tertiary/aromatic N) is 1. The maximum absolute atomic E-state index is 12.9. The van der Waals surface area contributed by atoms with Gasteiger partial charge in [-0.15, -0.1) is 12.4 Å². The third kappa shape index (κ3) is 4.50. The van der Waals surface area contributed by atoms with Gasteiger partial charge in [0.05, 0.1) is 19.3 Å². The number of ether oxygens (including phenoxy) is 1. The number of benzene rings is 1. The molecular formula is C19H29ClN2O2. The molecule has 3 atom stereocenters. The Labute approximate surface area is 151 Å². The molecule has 2 heterocycles. The molecule has 1 amide bonds. The topological polar surface area (TPSA) is 41.6 Å². The first-order chi connectivity index (χ1) is 11.1. The van der Waals surface area contributed by atoms with Gasteiger partial charge in [0.25, 0.3) is 0 Å². The number of aryl methyl sites for hydroxylation is 1. The third-order valence-electron chi connectivity index (χ3n) is 5.09. The van der Waals surface area contributed by atoms with Crippen LogP contribution in [0.2, 0.25) is 0 Å². The summed E-state index contributed by atoms with van der Waals surface area (Å²) >= 11 is 0. The number of morpholine rings is 1. The van der Waals surface area contributed by atoms with Gasteiger partial charge in [-0.2, -0.15) is 0 Å². The van der Waals surface area contributed by atoms with E-state index in [0.29, 0.717) is 18.9 Å². The van der Waals surface area contributed by atoms with Crippen molar-refractivity contribution in [2.24, 2.45) is 5.92 Å². The molecule has 1 N–H and O–H groups in total. The maximum Gasteiger partial charge on any atom is 0.224 e. The van der Waals surface area contributed by atoms with Gasteiger partial charge in [-0.3, -0.25) is 4.79 Å². The molecule has 3 rings (SSSR count). The van der Waals surface area contributed by atoms with Crippen LogP contribution in [0.5, 0.6) is 0 Å². The number of carbonyl (C=O) groups is 1. The maximum atomic E-state index is 12.9. The van der Waals surface area contributed by atoms with E-state index < -0.39 is 0 Å². The van der Waals surface area contributed by atoms with Crippen LogP contribution in [-0.4, -0.2) is 43.2 Å². The van der Waals surface area contributed by atoms with Crippen LogP contribution in [0.3, 0.4) is 0 Å². The van der Waals surface area contributed by atoms with Crippen LogP contribution >= 0.6 is 12.4 Å². The molecule has 2 aliphatic rings. The molecule has 0 aliphatic carbocycles. The van der Waals surface area contributed by atoms with Crippen molar-refractivity contribution in [2.75, 3.05) is 26.3 Å². The molecule has 0 saturated carbocycles. The van der Waals surface area contributed by atoms with E-state index in [2.05, 4.69) is 48.3 Å². The average Bonchev–Trinajstić information content (AvgIpc) is 2.56. The second kappa shape index (κ2) is 8.84. The lowest BCUT2D eigenvalue weighted by atomic mass is 9.85. The first-order valence-electron chi connectivity index (χ1n) is 8.82. The standard InChI is InChI=1S/C19H28N2O2.ClH/c1-14-5-7-16(8-6-14)19-15(2)4-3-10-21(19)18(22)12-17-13-23-11-9-20-17;/h5-8,15,17,19-20H,3-4,9-13H2,1-2H3;1H. The van der Waals surface area contributed by atoms with Gasteiger partial charge < -0.3 is 15.0 Å². The highest BCUT2D eigenvalue weighted by Crippen LogP contribution is 2.36. The molecule has 3 unspecified atom stereocenters. The minimum atomic E-state index is 0. The number of hydrogen-bond donors (Lipinski definition) is 1. The molecule has 1 aromatic carbocycles. The minimum Gasteiger partial charge on any atom is -0.378 e. The lowest BCUT2D eigenvalue weighted by molar-refractivity contribution is -0.137. The number of halogens is 1. The number of carbonyl (C=O) groups excluding carboxylic acids is 1. The van der Waals surface area contributed by atoms with Gasteiger partial charge in [0.15, 0.2) is 0 Å². The summed E-state index contributed by atoms with van der Waals surface area (Å²) in [7, 11) is 0. The third-order valence-corrected chi connectivity index (χ3v) is 5.09. The largest absolute Gasteiger partial charge is 0.378 e. The number of likely N-dealkylation sites (tertiary alicyclic amines) is 1. The Morgan fingerprint density at radius 2 is 2.08 bits per heavy atom. The summed E-state index contributed by atoms with van der Waals surface area (Å²) in [6.07, 6.45) is 2.83. The quantitative estimate of drug-likeness (QED) is 0.908. The van der Waals surface area contributed by atoms with E-state index in [9.17, 15) is 4.79 Å². The van der Waals surface area contributed by atoms with Crippen LogP contribution in [0, 0.1) is 12.8 Å². The smallest absolute Gasteiger partial charge is 0.224 e. The highest BCUT2D eigenvalue weighted by Gasteiger charge is 2.33. The van der Waals surface area contributed by atoms with Gasteiger partial charge in [-0.1, -0.05) is 36.8 Å². The van der Waals surface area contributed by atoms with Gasteiger partial charge in [0.1, 0.15) is 0 Å². The van der Waals surface area contributed by atoms with Crippen LogP contribution < -0.4 is 5.32 Å². The van der Waals surface area contributed by atoms with Crippen molar-refractivity contribution < 1.29 is 9.53 Å². The van der Waals surface area contributed by atoms with E-state index in [-0.39, 0.29) is 30.4 Å². The predicted octanol–water partition coefficient (Wildman–Crippen LogP) is 3.09. The Kier molecular flexibility index (Phi) is 7.08. The second-order valence-corrected chi connectivity index (χ2v) is 6.99. The summed E-state index contributed by atoms with van der Waals surface area (Å²) in [4.78, 5) is 15.0. The molecule has 0 radical (unpaired) electrons. The molecule has 0 bridgehead atoms. The highest BCUT2D eigenvalue weighted by atomic mass is 35.5. The van der Waals surface area contributed by atoms with E-state index in [4.69, 9.17) is 4.74 Å². The molecule has 2 saturated heterocycles. The number of piperidine rings is 1. The summed E-state index contributed by atoms with van der Waals surface area (Å²) in [5.41, 5.74) is 2.53. The second-order valence-electron chi connectivity index (χ2n) is 6.99. The summed E-state index contributed by atoms with van der Waals surface area (Å²) in [6.45, 7) is 7.48. The van der Waals surface area contributed by atoms with Gasteiger partial charge in [0, 0.05) is 25.6 Å². The van der Waals surface area contributed by atoms with Crippen molar-refractivity contribution in [3.05, 3.63) is 35.4 Å². The molecule has 2 aliphatic heterocycles. The minimum absolute atomic E-state index is 0. The number of rotatable bonds is 3. The van der Waals surface area contributed by atoms with Gasteiger partial charge in [0.2, 0.25) is 5.91 Å². The Hall–Kier alpha value is -1.10. The van der Waals surface area contributed by atoms with Gasteiger partial charge in [-0.05, 0) is 31.2 Å². The zero-order chi connectivity index (χ0) is 16.2.